The highest BCUT2D eigenvalue weighted by molar-refractivity contribution is 5.78. The van der Waals surface area contributed by atoms with Gasteiger partial charge in [0.25, 0.3) is 0 Å². The second kappa shape index (κ2) is 12.2. The molecule has 0 bridgehead atoms. The number of likely N-dealkylation sites (tertiary alicyclic amines) is 1. The predicted molar refractivity (Wildman–Crippen MR) is 130 cm³/mol. The Balaban J connectivity index is 1.28. The van der Waals surface area contributed by atoms with Gasteiger partial charge in [-0.3, -0.25) is 4.79 Å². The Hall–Kier alpha value is -3.38. The molecule has 2 fully saturated rings. The molecule has 1 atom stereocenters. The van der Waals surface area contributed by atoms with E-state index in [9.17, 15) is 27.2 Å². The first-order valence-corrected chi connectivity index (χ1v) is 12.5. The highest BCUT2D eigenvalue weighted by Crippen LogP contribution is 2.32. The maximum absolute atomic E-state index is 13.6. The van der Waals surface area contributed by atoms with Crippen molar-refractivity contribution >= 4 is 12.0 Å². The third-order valence-electron chi connectivity index (χ3n) is 6.86. The van der Waals surface area contributed by atoms with Crippen molar-refractivity contribution in [3.05, 3.63) is 65.5 Å². The predicted octanol–water partition coefficient (Wildman–Crippen LogP) is 4.31. The number of halogens is 4. The Labute approximate surface area is 223 Å². The monoisotopic (exact) mass is 554 g/mol. The highest BCUT2D eigenvalue weighted by Gasteiger charge is 2.46. The molecule has 12 heteroatoms. The minimum atomic E-state index is -4.81. The Morgan fingerprint density at radius 2 is 1.69 bits per heavy atom. The van der Waals surface area contributed by atoms with Gasteiger partial charge in [-0.15, -0.1) is 0 Å². The van der Waals surface area contributed by atoms with E-state index in [-0.39, 0.29) is 51.1 Å². The summed E-state index contributed by atoms with van der Waals surface area (Å²) < 4.78 is 74.8. The van der Waals surface area contributed by atoms with Crippen LogP contribution in [0.2, 0.25) is 0 Å². The standard InChI is InChI=1S/C27H30F4N2O6/c1-36-22-8-4-20(5-9-22)15-37-16-23(27(29,30)31)39-25(35)32-12-10-26(11-13-32)18-33(24(34)17-38-26)14-19-2-6-21(28)7-3-19/h2-9,23H,10-18H2,1H3/t23-/m1/s1. The zero-order chi connectivity index (χ0) is 28.0. The summed E-state index contributed by atoms with van der Waals surface area (Å²) in [6, 6.07) is 12.5. The fourth-order valence-electron chi connectivity index (χ4n) is 4.54. The molecule has 39 heavy (non-hydrogen) atoms. The van der Waals surface area contributed by atoms with Crippen molar-refractivity contribution in [3.63, 3.8) is 0 Å². The number of nitrogens with zero attached hydrogens (tertiary/aromatic N) is 2. The highest BCUT2D eigenvalue weighted by atomic mass is 19.4. The van der Waals surface area contributed by atoms with Crippen LogP contribution in [0.4, 0.5) is 22.4 Å². The van der Waals surface area contributed by atoms with Gasteiger partial charge in [0.15, 0.2) is 0 Å². The van der Waals surface area contributed by atoms with Crippen molar-refractivity contribution in [2.45, 2.75) is 43.9 Å². The molecule has 8 nitrogen and oxygen atoms in total. The summed E-state index contributed by atoms with van der Waals surface area (Å²) in [5, 5.41) is 0. The summed E-state index contributed by atoms with van der Waals surface area (Å²) in [5.74, 6) is 0.0174. The molecule has 0 unspecified atom stereocenters. The Morgan fingerprint density at radius 3 is 2.31 bits per heavy atom. The summed E-state index contributed by atoms with van der Waals surface area (Å²) in [4.78, 5) is 27.8. The number of benzene rings is 2. The number of carbonyl (C=O) groups is 2. The molecule has 2 amide bonds. The van der Waals surface area contributed by atoms with Crippen LogP contribution in [0.5, 0.6) is 5.75 Å². The topological polar surface area (TPSA) is 77.5 Å². The second-order valence-electron chi connectivity index (χ2n) is 9.61. The van der Waals surface area contributed by atoms with Crippen molar-refractivity contribution < 1.29 is 46.1 Å². The zero-order valence-electron chi connectivity index (χ0n) is 21.4. The van der Waals surface area contributed by atoms with Crippen LogP contribution in [0.3, 0.4) is 0 Å². The summed E-state index contributed by atoms with van der Waals surface area (Å²) in [6.07, 6.45) is -7.68. The van der Waals surface area contributed by atoms with Gasteiger partial charge in [0.05, 0.1) is 32.5 Å². The molecule has 4 rings (SSSR count). The van der Waals surface area contributed by atoms with Gasteiger partial charge < -0.3 is 28.7 Å². The molecule has 2 aromatic rings. The lowest BCUT2D eigenvalue weighted by Crippen LogP contribution is -2.59. The van der Waals surface area contributed by atoms with Crippen molar-refractivity contribution in [1.29, 1.82) is 0 Å². The molecular weight excluding hydrogens is 524 g/mol. The van der Waals surface area contributed by atoms with E-state index in [2.05, 4.69) is 0 Å². The first kappa shape index (κ1) is 28.6. The average molecular weight is 555 g/mol. The van der Waals surface area contributed by atoms with Crippen LogP contribution in [0.1, 0.15) is 24.0 Å². The van der Waals surface area contributed by atoms with Gasteiger partial charge in [-0.05, 0) is 48.2 Å². The molecule has 0 saturated carbocycles. The van der Waals surface area contributed by atoms with Gasteiger partial charge in [-0.2, -0.15) is 13.2 Å². The van der Waals surface area contributed by atoms with Gasteiger partial charge in [0.1, 0.15) is 18.2 Å². The lowest BCUT2D eigenvalue weighted by atomic mass is 9.89. The Morgan fingerprint density at radius 1 is 1.05 bits per heavy atom. The summed E-state index contributed by atoms with van der Waals surface area (Å²) >= 11 is 0. The summed E-state index contributed by atoms with van der Waals surface area (Å²) in [5.41, 5.74) is 0.675. The quantitative estimate of drug-likeness (QED) is 0.453. The third kappa shape index (κ3) is 7.60. The van der Waals surface area contributed by atoms with Crippen molar-refractivity contribution in [2.24, 2.45) is 0 Å². The van der Waals surface area contributed by atoms with Crippen LogP contribution < -0.4 is 4.74 Å². The number of morpholine rings is 1. The summed E-state index contributed by atoms with van der Waals surface area (Å²) in [7, 11) is 1.50. The number of ether oxygens (including phenoxy) is 4. The number of carbonyl (C=O) groups excluding carboxylic acids is 2. The first-order chi connectivity index (χ1) is 18.6. The number of hydrogen-bond donors (Lipinski definition) is 0. The van der Waals surface area contributed by atoms with Gasteiger partial charge >= 0.3 is 12.3 Å². The van der Waals surface area contributed by atoms with Crippen LogP contribution in [-0.4, -0.2) is 79.6 Å². The van der Waals surface area contributed by atoms with Gasteiger partial charge in [-0.1, -0.05) is 24.3 Å². The SMILES string of the molecule is COc1ccc(COC[C@@H](OC(=O)N2CCC3(CC2)CN(Cc2ccc(F)cc2)C(=O)CO3)C(F)(F)F)cc1. The fraction of sp³-hybridized carbons (Fsp3) is 0.481. The van der Waals surface area contributed by atoms with Gasteiger partial charge in [0, 0.05) is 19.6 Å². The lowest BCUT2D eigenvalue weighted by molar-refractivity contribution is -0.220. The second-order valence-corrected chi connectivity index (χ2v) is 9.61. The molecule has 0 aliphatic carbocycles. The van der Waals surface area contributed by atoms with Crippen molar-refractivity contribution in [1.82, 2.24) is 9.80 Å². The maximum Gasteiger partial charge on any atom is 0.427 e. The normalized spacial score (nSPS) is 18.2. The molecule has 2 aliphatic heterocycles. The van der Waals surface area contributed by atoms with Crippen LogP contribution in [0.15, 0.2) is 48.5 Å². The van der Waals surface area contributed by atoms with E-state index < -0.39 is 30.6 Å². The number of alkyl halides is 3. The van der Waals surface area contributed by atoms with E-state index >= 15 is 0 Å². The van der Waals surface area contributed by atoms with E-state index in [0.717, 1.165) is 5.56 Å². The molecule has 0 N–H and O–H groups in total. The van der Waals surface area contributed by atoms with E-state index in [1.165, 1.54) is 24.1 Å². The van der Waals surface area contributed by atoms with Crippen LogP contribution in [-0.2, 0) is 32.2 Å². The fourth-order valence-corrected chi connectivity index (χ4v) is 4.54. The molecular formula is C27H30F4N2O6. The Kier molecular flexibility index (Phi) is 8.96. The average Bonchev–Trinajstić information content (AvgIpc) is 2.92. The molecule has 2 aliphatic rings. The van der Waals surface area contributed by atoms with E-state index in [1.54, 1.807) is 41.3 Å². The van der Waals surface area contributed by atoms with Crippen molar-refractivity contribution in [2.75, 3.05) is 40.0 Å². The van der Waals surface area contributed by atoms with Crippen LogP contribution in [0, 0.1) is 5.82 Å². The molecule has 2 saturated heterocycles. The molecule has 0 radical (unpaired) electrons. The number of methoxy groups -OCH3 is 1. The van der Waals surface area contributed by atoms with Gasteiger partial charge in [0.2, 0.25) is 12.0 Å². The third-order valence-corrected chi connectivity index (χ3v) is 6.86. The van der Waals surface area contributed by atoms with E-state index in [4.69, 9.17) is 18.9 Å². The number of hydrogen-bond acceptors (Lipinski definition) is 6. The number of amides is 2. The van der Waals surface area contributed by atoms with Gasteiger partial charge in [-0.25, -0.2) is 9.18 Å². The first-order valence-electron chi connectivity index (χ1n) is 12.5. The minimum Gasteiger partial charge on any atom is -0.497 e. The number of piperidine rings is 1. The molecule has 1 spiro atoms. The Bertz CT molecular complexity index is 1120. The zero-order valence-corrected chi connectivity index (χ0v) is 21.4. The molecule has 0 aromatic heterocycles. The molecule has 2 heterocycles. The minimum absolute atomic E-state index is 0.0924. The maximum atomic E-state index is 13.6. The van der Waals surface area contributed by atoms with Crippen molar-refractivity contribution in [3.8, 4) is 5.75 Å². The number of rotatable bonds is 8. The largest absolute Gasteiger partial charge is 0.497 e. The summed E-state index contributed by atoms with van der Waals surface area (Å²) in [6.45, 7) is -0.333. The van der Waals surface area contributed by atoms with Crippen LogP contribution in [0.25, 0.3) is 0 Å². The lowest BCUT2D eigenvalue weighted by Gasteiger charge is -2.46. The molecule has 2 aromatic carbocycles. The van der Waals surface area contributed by atoms with E-state index in [1.807, 2.05) is 0 Å². The smallest absolute Gasteiger partial charge is 0.427 e. The van der Waals surface area contributed by atoms with Crippen LogP contribution >= 0.6 is 0 Å². The van der Waals surface area contributed by atoms with E-state index in [0.29, 0.717) is 24.2 Å². The molecule has 212 valence electrons.